The predicted molar refractivity (Wildman–Crippen MR) is 49.2 cm³/mol. The molecule has 12 heavy (non-hydrogen) atoms. The van der Waals surface area contributed by atoms with Gasteiger partial charge in [0.2, 0.25) is 5.91 Å². The Morgan fingerprint density at radius 1 is 1.42 bits per heavy atom. The van der Waals surface area contributed by atoms with Crippen molar-refractivity contribution >= 4 is 11.7 Å². The summed E-state index contributed by atoms with van der Waals surface area (Å²) in [5.41, 5.74) is 0. The first-order chi connectivity index (χ1) is 5.77. The van der Waals surface area contributed by atoms with E-state index in [1.165, 1.54) is 0 Å². The van der Waals surface area contributed by atoms with Crippen LogP contribution in [0.3, 0.4) is 0 Å². The highest BCUT2D eigenvalue weighted by Crippen LogP contribution is 2.09. The molecule has 3 nitrogen and oxygen atoms in total. The first kappa shape index (κ1) is 9.23. The first-order valence-electron chi connectivity index (χ1n) is 4.65. The molecule has 0 aromatic heterocycles. The molecule has 0 bridgehead atoms. The number of hydrogen-bond donors (Lipinski definition) is 1. The lowest BCUT2D eigenvalue weighted by atomic mass is 10.2. The normalized spacial score (nSPS) is 22.3. The third kappa shape index (κ3) is 2.06. The van der Waals surface area contributed by atoms with E-state index in [1.807, 2.05) is 0 Å². The van der Waals surface area contributed by atoms with E-state index in [4.69, 9.17) is 0 Å². The molecule has 1 rings (SSSR count). The number of hydrogen-bond acceptors (Lipinski definition) is 2. The van der Waals surface area contributed by atoms with Crippen LogP contribution in [0.15, 0.2) is 4.99 Å². The number of amides is 1. The highest BCUT2D eigenvalue weighted by Gasteiger charge is 2.24. The molecule has 1 atom stereocenters. The van der Waals surface area contributed by atoms with E-state index < -0.39 is 0 Å². The Labute approximate surface area is 73.3 Å². The maximum absolute atomic E-state index is 11.2. The molecular weight excluding hydrogens is 152 g/mol. The Hall–Kier alpha value is -0.860. The molecule has 1 heterocycles. The van der Waals surface area contributed by atoms with E-state index in [-0.39, 0.29) is 11.9 Å². The Bertz CT molecular complexity index is 199. The SMILES string of the molecule is CCCC1=NC(CCC)C(=O)N1. The molecule has 1 unspecified atom stereocenters. The number of nitrogens with zero attached hydrogens (tertiary/aromatic N) is 1. The van der Waals surface area contributed by atoms with Crippen molar-refractivity contribution in [1.82, 2.24) is 5.32 Å². The Morgan fingerprint density at radius 3 is 2.75 bits per heavy atom. The van der Waals surface area contributed by atoms with Gasteiger partial charge in [0.15, 0.2) is 0 Å². The number of carbonyl (C=O) groups excluding carboxylic acids is 1. The summed E-state index contributed by atoms with van der Waals surface area (Å²) in [4.78, 5) is 15.5. The van der Waals surface area contributed by atoms with Crippen LogP contribution >= 0.6 is 0 Å². The molecule has 0 spiro atoms. The van der Waals surface area contributed by atoms with E-state index in [9.17, 15) is 4.79 Å². The van der Waals surface area contributed by atoms with E-state index >= 15 is 0 Å². The quantitative estimate of drug-likeness (QED) is 0.678. The number of carbonyl (C=O) groups is 1. The summed E-state index contributed by atoms with van der Waals surface area (Å²) >= 11 is 0. The summed E-state index contributed by atoms with van der Waals surface area (Å²) in [6.45, 7) is 4.16. The zero-order valence-corrected chi connectivity index (χ0v) is 7.76. The molecule has 0 aromatic carbocycles. The van der Waals surface area contributed by atoms with Crippen LogP contribution in [0.2, 0.25) is 0 Å². The molecule has 0 fully saturated rings. The topological polar surface area (TPSA) is 41.5 Å². The average Bonchev–Trinajstić information content (AvgIpc) is 2.34. The van der Waals surface area contributed by atoms with Gasteiger partial charge in [-0.15, -0.1) is 0 Å². The Morgan fingerprint density at radius 2 is 2.17 bits per heavy atom. The van der Waals surface area contributed by atoms with Gasteiger partial charge in [0.1, 0.15) is 11.9 Å². The fourth-order valence-corrected chi connectivity index (χ4v) is 1.34. The number of aliphatic imine (C=N–C) groups is 1. The largest absolute Gasteiger partial charge is 0.313 e. The van der Waals surface area contributed by atoms with Crippen molar-refractivity contribution in [2.75, 3.05) is 0 Å². The first-order valence-corrected chi connectivity index (χ1v) is 4.65. The predicted octanol–water partition coefficient (Wildman–Crippen LogP) is 1.48. The summed E-state index contributed by atoms with van der Waals surface area (Å²) in [6, 6.07) is -0.100. The maximum Gasteiger partial charge on any atom is 0.250 e. The van der Waals surface area contributed by atoms with Gasteiger partial charge in [0.05, 0.1) is 0 Å². The van der Waals surface area contributed by atoms with Crippen LogP contribution in [-0.2, 0) is 4.79 Å². The second-order valence-electron chi connectivity index (χ2n) is 3.12. The van der Waals surface area contributed by atoms with Gasteiger partial charge < -0.3 is 5.32 Å². The van der Waals surface area contributed by atoms with Crippen LogP contribution in [0.1, 0.15) is 39.5 Å². The van der Waals surface area contributed by atoms with Gasteiger partial charge in [-0.3, -0.25) is 9.79 Å². The zero-order valence-electron chi connectivity index (χ0n) is 7.76. The van der Waals surface area contributed by atoms with Crippen molar-refractivity contribution in [2.45, 2.75) is 45.6 Å². The van der Waals surface area contributed by atoms with Gasteiger partial charge in [-0.1, -0.05) is 20.3 Å². The van der Waals surface area contributed by atoms with E-state index in [0.717, 1.165) is 31.5 Å². The van der Waals surface area contributed by atoms with Gasteiger partial charge in [-0.2, -0.15) is 0 Å². The summed E-state index contributed by atoms with van der Waals surface area (Å²) < 4.78 is 0. The van der Waals surface area contributed by atoms with Gasteiger partial charge in [-0.25, -0.2) is 0 Å². The molecule has 3 heteroatoms. The second-order valence-corrected chi connectivity index (χ2v) is 3.12. The van der Waals surface area contributed by atoms with Crippen LogP contribution in [-0.4, -0.2) is 17.8 Å². The number of amidine groups is 1. The van der Waals surface area contributed by atoms with Crippen molar-refractivity contribution in [2.24, 2.45) is 4.99 Å². The van der Waals surface area contributed by atoms with Gasteiger partial charge in [0.25, 0.3) is 0 Å². The third-order valence-corrected chi connectivity index (χ3v) is 1.93. The van der Waals surface area contributed by atoms with E-state index in [2.05, 4.69) is 24.2 Å². The van der Waals surface area contributed by atoms with Crippen LogP contribution in [0.5, 0.6) is 0 Å². The molecular formula is C9H16N2O. The minimum absolute atomic E-state index is 0.0836. The lowest BCUT2D eigenvalue weighted by molar-refractivity contribution is -0.120. The maximum atomic E-state index is 11.2. The Kier molecular flexibility index (Phi) is 3.26. The van der Waals surface area contributed by atoms with Crippen molar-refractivity contribution in [3.63, 3.8) is 0 Å². The molecule has 1 N–H and O–H groups in total. The number of nitrogens with one attached hydrogen (secondary N) is 1. The second kappa shape index (κ2) is 4.24. The lowest BCUT2D eigenvalue weighted by Gasteiger charge is -1.99. The third-order valence-electron chi connectivity index (χ3n) is 1.93. The molecule has 1 aliphatic rings. The van der Waals surface area contributed by atoms with Crippen LogP contribution in [0.4, 0.5) is 0 Å². The minimum Gasteiger partial charge on any atom is -0.313 e. The van der Waals surface area contributed by atoms with Gasteiger partial charge in [0, 0.05) is 6.42 Å². The Balaban J connectivity index is 2.48. The van der Waals surface area contributed by atoms with Crippen LogP contribution < -0.4 is 5.32 Å². The van der Waals surface area contributed by atoms with Gasteiger partial charge in [-0.05, 0) is 12.8 Å². The van der Waals surface area contributed by atoms with Crippen LogP contribution in [0, 0.1) is 0 Å². The smallest absolute Gasteiger partial charge is 0.250 e. The molecule has 1 amide bonds. The molecule has 1 aliphatic heterocycles. The van der Waals surface area contributed by atoms with Crippen molar-refractivity contribution in [3.05, 3.63) is 0 Å². The summed E-state index contributed by atoms with van der Waals surface area (Å²) in [7, 11) is 0. The number of rotatable bonds is 4. The fraction of sp³-hybridized carbons (Fsp3) is 0.778. The van der Waals surface area contributed by atoms with Crippen molar-refractivity contribution in [3.8, 4) is 0 Å². The highest BCUT2D eigenvalue weighted by molar-refractivity contribution is 6.05. The average molecular weight is 168 g/mol. The summed E-state index contributed by atoms with van der Waals surface area (Å²) in [6.07, 6.45) is 3.82. The van der Waals surface area contributed by atoms with Crippen molar-refractivity contribution in [1.29, 1.82) is 0 Å². The van der Waals surface area contributed by atoms with Crippen molar-refractivity contribution < 1.29 is 4.79 Å². The zero-order chi connectivity index (χ0) is 8.97. The van der Waals surface area contributed by atoms with Crippen LogP contribution in [0.25, 0.3) is 0 Å². The van der Waals surface area contributed by atoms with E-state index in [1.54, 1.807) is 0 Å². The monoisotopic (exact) mass is 168 g/mol. The summed E-state index contributed by atoms with van der Waals surface area (Å²) in [5.74, 6) is 0.959. The fourth-order valence-electron chi connectivity index (χ4n) is 1.34. The van der Waals surface area contributed by atoms with E-state index in [0.29, 0.717) is 0 Å². The molecule has 0 aliphatic carbocycles. The standard InChI is InChI=1S/C9H16N2O/c1-3-5-7-9(12)11-8(10-7)6-4-2/h7H,3-6H2,1-2H3,(H,10,11,12). The summed E-state index contributed by atoms with van der Waals surface area (Å²) in [5, 5.41) is 2.80. The molecule has 0 aromatic rings. The molecule has 0 saturated carbocycles. The minimum atomic E-state index is -0.100. The molecule has 68 valence electrons. The molecule has 0 saturated heterocycles. The highest BCUT2D eigenvalue weighted by atomic mass is 16.2. The van der Waals surface area contributed by atoms with Gasteiger partial charge >= 0.3 is 0 Å². The lowest BCUT2D eigenvalue weighted by Crippen LogP contribution is -2.28. The molecule has 0 radical (unpaired) electrons.